The first-order chi connectivity index (χ1) is 12.2. The highest BCUT2D eigenvalue weighted by Crippen LogP contribution is 2.31. The van der Waals surface area contributed by atoms with E-state index in [4.69, 9.17) is 0 Å². The molecule has 1 aromatic heterocycles. The van der Waals surface area contributed by atoms with Crippen molar-refractivity contribution in [3.05, 3.63) is 52.7 Å². The van der Waals surface area contributed by atoms with Crippen molar-refractivity contribution in [1.82, 2.24) is 9.97 Å². The molecular weight excluding hydrogens is 317 g/mol. The molecule has 132 valence electrons. The van der Waals surface area contributed by atoms with Crippen LogP contribution in [-0.4, -0.2) is 21.1 Å². The minimum atomic E-state index is -0.933. The monoisotopic (exact) mass is 341 g/mol. The number of aliphatic hydroxyl groups excluding tert-OH is 1. The van der Waals surface area contributed by atoms with Crippen LogP contribution in [0.3, 0.4) is 0 Å². The van der Waals surface area contributed by atoms with Gasteiger partial charge in [0.25, 0.3) is 0 Å². The van der Waals surface area contributed by atoms with E-state index in [0.29, 0.717) is 17.4 Å². The Morgan fingerprint density at radius 2 is 1.72 bits per heavy atom. The molecule has 4 nitrogen and oxygen atoms in total. The number of hydrogen-bond acceptors (Lipinski definition) is 4. The highest BCUT2D eigenvalue weighted by Gasteiger charge is 2.24. The first-order valence-corrected chi connectivity index (χ1v) is 9.30. The summed E-state index contributed by atoms with van der Waals surface area (Å²) in [7, 11) is 0. The van der Waals surface area contributed by atoms with Crippen LogP contribution in [0.5, 0.6) is 0 Å². The van der Waals surface area contributed by atoms with Gasteiger partial charge in [0.05, 0.1) is 0 Å². The molecule has 0 radical (unpaired) electrons. The van der Waals surface area contributed by atoms with Crippen molar-refractivity contribution < 1.29 is 9.50 Å². The van der Waals surface area contributed by atoms with Crippen LogP contribution in [0.1, 0.15) is 67.3 Å². The average molecular weight is 341 g/mol. The molecule has 0 bridgehead atoms. The minimum Gasteiger partial charge on any atom is -0.380 e. The molecule has 1 heterocycles. The van der Waals surface area contributed by atoms with Crippen LogP contribution < -0.4 is 5.32 Å². The van der Waals surface area contributed by atoms with Gasteiger partial charge in [0.2, 0.25) is 0 Å². The van der Waals surface area contributed by atoms with Crippen LogP contribution in [0, 0.1) is 5.82 Å². The number of anilines is 1. The van der Waals surface area contributed by atoms with E-state index in [2.05, 4.69) is 15.3 Å². The Hall–Kier alpha value is -2.01. The number of hydrogen-bond donors (Lipinski definition) is 2. The number of nitrogens with zero attached hydrogens (tertiary/aromatic N) is 2. The molecule has 1 unspecified atom stereocenters. The summed E-state index contributed by atoms with van der Waals surface area (Å²) in [5, 5.41) is 14.3. The molecule has 1 aromatic carbocycles. The Bertz CT molecular complexity index is 741. The zero-order valence-electron chi connectivity index (χ0n) is 14.3. The van der Waals surface area contributed by atoms with Crippen LogP contribution in [-0.2, 0) is 12.8 Å². The number of aryl methyl sites for hydroxylation is 1. The summed E-state index contributed by atoms with van der Waals surface area (Å²) < 4.78 is 13.1. The molecular formula is C20H24FN3O. The standard InChI is InChI=1S/C20H24FN3O/c21-14-11-9-13(10-12-14)18(25)20-23-17-8-4-3-7-16(17)19(24-20)22-15-5-1-2-6-15/h9-12,15,18,25H,1-8H2,(H,22,23,24). The van der Waals surface area contributed by atoms with Crippen molar-refractivity contribution in [2.45, 2.75) is 63.5 Å². The van der Waals surface area contributed by atoms with Gasteiger partial charge in [0.15, 0.2) is 5.82 Å². The van der Waals surface area contributed by atoms with Crippen molar-refractivity contribution in [2.75, 3.05) is 5.32 Å². The summed E-state index contributed by atoms with van der Waals surface area (Å²) >= 11 is 0. The molecule has 2 aromatic rings. The maximum Gasteiger partial charge on any atom is 0.164 e. The average Bonchev–Trinajstić information content (AvgIpc) is 3.15. The lowest BCUT2D eigenvalue weighted by Gasteiger charge is -2.23. The molecule has 25 heavy (non-hydrogen) atoms. The summed E-state index contributed by atoms with van der Waals surface area (Å²) in [6.45, 7) is 0. The van der Waals surface area contributed by atoms with Crippen molar-refractivity contribution in [1.29, 1.82) is 0 Å². The molecule has 1 fully saturated rings. The number of benzene rings is 1. The first kappa shape index (κ1) is 16.5. The van der Waals surface area contributed by atoms with Gasteiger partial charge in [-0.3, -0.25) is 0 Å². The van der Waals surface area contributed by atoms with Crippen LogP contribution in [0.4, 0.5) is 10.2 Å². The zero-order valence-corrected chi connectivity index (χ0v) is 14.3. The predicted octanol–water partition coefficient (Wildman–Crippen LogP) is 3.93. The van der Waals surface area contributed by atoms with E-state index in [1.54, 1.807) is 12.1 Å². The third-order valence-corrected chi connectivity index (χ3v) is 5.33. The van der Waals surface area contributed by atoms with E-state index in [1.807, 2.05) is 0 Å². The van der Waals surface area contributed by atoms with Gasteiger partial charge in [-0.05, 0) is 56.2 Å². The minimum absolute atomic E-state index is 0.314. The normalized spacial score (nSPS) is 18.8. The highest BCUT2D eigenvalue weighted by atomic mass is 19.1. The van der Waals surface area contributed by atoms with E-state index in [-0.39, 0.29) is 5.82 Å². The lowest BCUT2D eigenvalue weighted by Crippen LogP contribution is -2.21. The number of fused-ring (bicyclic) bond motifs is 1. The van der Waals surface area contributed by atoms with Crippen LogP contribution >= 0.6 is 0 Å². The third-order valence-electron chi connectivity index (χ3n) is 5.33. The third kappa shape index (κ3) is 3.52. The predicted molar refractivity (Wildman–Crippen MR) is 95.0 cm³/mol. The molecule has 2 aliphatic carbocycles. The van der Waals surface area contributed by atoms with Gasteiger partial charge in [0, 0.05) is 17.3 Å². The van der Waals surface area contributed by atoms with Gasteiger partial charge in [0.1, 0.15) is 17.7 Å². The molecule has 0 saturated heterocycles. The van der Waals surface area contributed by atoms with E-state index in [1.165, 1.54) is 43.4 Å². The number of rotatable bonds is 4. The second-order valence-corrected chi connectivity index (χ2v) is 7.14. The molecule has 5 heteroatoms. The fourth-order valence-corrected chi connectivity index (χ4v) is 3.91. The quantitative estimate of drug-likeness (QED) is 0.885. The van der Waals surface area contributed by atoms with Crippen molar-refractivity contribution in [2.24, 2.45) is 0 Å². The van der Waals surface area contributed by atoms with E-state index >= 15 is 0 Å². The maximum absolute atomic E-state index is 13.1. The molecule has 1 atom stereocenters. The fourth-order valence-electron chi connectivity index (χ4n) is 3.91. The summed E-state index contributed by atoms with van der Waals surface area (Å²) in [4.78, 5) is 9.33. The van der Waals surface area contributed by atoms with Crippen molar-refractivity contribution in [3.8, 4) is 0 Å². The second-order valence-electron chi connectivity index (χ2n) is 7.14. The largest absolute Gasteiger partial charge is 0.380 e. The Balaban J connectivity index is 1.68. The highest BCUT2D eigenvalue weighted by molar-refractivity contribution is 5.49. The Labute approximate surface area is 147 Å². The Morgan fingerprint density at radius 3 is 2.48 bits per heavy atom. The molecule has 2 N–H and O–H groups in total. The van der Waals surface area contributed by atoms with Gasteiger partial charge in [-0.2, -0.15) is 0 Å². The summed E-state index contributed by atoms with van der Waals surface area (Å²) in [6, 6.07) is 6.36. The van der Waals surface area contributed by atoms with Crippen molar-refractivity contribution in [3.63, 3.8) is 0 Å². The number of halogens is 1. The van der Waals surface area contributed by atoms with Gasteiger partial charge < -0.3 is 10.4 Å². The van der Waals surface area contributed by atoms with E-state index in [0.717, 1.165) is 37.2 Å². The van der Waals surface area contributed by atoms with Crippen molar-refractivity contribution >= 4 is 5.82 Å². The lowest BCUT2D eigenvalue weighted by molar-refractivity contribution is 0.209. The van der Waals surface area contributed by atoms with Gasteiger partial charge in [-0.25, -0.2) is 14.4 Å². The summed E-state index contributed by atoms with van der Waals surface area (Å²) in [5.74, 6) is 0.992. The van der Waals surface area contributed by atoms with Crippen LogP contribution in [0.15, 0.2) is 24.3 Å². The topological polar surface area (TPSA) is 58.0 Å². The number of aliphatic hydroxyl groups is 1. The second kappa shape index (κ2) is 7.08. The van der Waals surface area contributed by atoms with Crippen LogP contribution in [0.2, 0.25) is 0 Å². The van der Waals surface area contributed by atoms with Gasteiger partial charge in [-0.15, -0.1) is 0 Å². The number of aromatic nitrogens is 2. The fraction of sp³-hybridized carbons (Fsp3) is 0.500. The Morgan fingerprint density at radius 1 is 1.00 bits per heavy atom. The molecule has 0 aliphatic heterocycles. The molecule has 0 amide bonds. The maximum atomic E-state index is 13.1. The van der Waals surface area contributed by atoms with Gasteiger partial charge >= 0.3 is 0 Å². The molecule has 2 aliphatic rings. The molecule has 1 saturated carbocycles. The zero-order chi connectivity index (χ0) is 17.2. The SMILES string of the molecule is OC(c1ccc(F)cc1)c1nc2c(c(NC3CCCC3)n1)CCCC2. The number of nitrogens with one attached hydrogen (secondary N) is 1. The van der Waals surface area contributed by atoms with E-state index in [9.17, 15) is 9.50 Å². The summed E-state index contributed by atoms with van der Waals surface area (Å²) in [5.41, 5.74) is 2.88. The lowest BCUT2D eigenvalue weighted by atomic mass is 9.95. The summed E-state index contributed by atoms with van der Waals surface area (Å²) in [6.07, 6.45) is 8.15. The smallest absolute Gasteiger partial charge is 0.164 e. The first-order valence-electron chi connectivity index (χ1n) is 9.30. The van der Waals surface area contributed by atoms with Gasteiger partial charge in [-0.1, -0.05) is 25.0 Å². The van der Waals surface area contributed by atoms with E-state index < -0.39 is 6.10 Å². The Kier molecular flexibility index (Phi) is 4.66. The molecule has 4 rings (SSSR count). The van der Waals surface area contributed by atoms with Crippen LogP contribution in [0.25, 0.3) is 0 Å². The molecule has 0 spiro atoms.